The molecule has 1 saturated carbocycles. The van der Waals surface area contributed by atoms with Crippen molar-refractivity contribution in [3.05, 3.63) is 29.3 Å². The van der Waals surface area contributed by atoms with Gasteiger partial charge in [-0.3, -0.25) is 0 Å². The van der Waals surface area contributed by atoms with Crippen molar-refractivity contribution in [2.45, 2.75) is 50.7 Å². The molecule has 3 rings (SSSR count). The van der Waals surface area contributed by atoms with E-state index in [4.69, 9.17) is 9.47 Å². The van der Waals surface area contributed by atoms with Gasteiger partial charge in [-0.1, -0.05) is 6.07 Å². The number of fused-ring (bicyclic) bond motifs is 1. The zero-order chi connectivity index (χ0) is 14.7. The number of esters is 1. The molecule has 2 aliphatic rings. The Kier molecular flexibility index (Phi) is 4.44. The fourth-order valence-corrected chi connectivity index (χ4v) is 3.34. The lowest BCUT2D eigenvalue weighted by molar-refractivity contribution is -0.0149. The fraction of sp³-hybridized carbons (Fsp3) is 0.588. The molecular weight excluding hydrogens is 266 g/mol. The summed E-state index contributed by atoms with van der Waals surface area (Å²) in [5, 5.41) is 3.35. The maximum atomic E-state index is 12.5. The third kappa shape index (κ3) is 3.21. The molecule has 4 nitrogen and oxygen atoms in total. The molecule has 114 valence electrons. The summed E-state index contributed by atoms with van der Waals surface area (Å²) in [5.41, 5.74) is 2.90. The third-order valence-corrected chi connectivity index (χ3v) is 4.50. The average molecular weight is 289 g/mol. The molecule has 1 aromatic carbocycles. The highest BCUT2D eigenvalue weighted by molar-refractivity contribution is 5.93. The molecule has 1 aliphatic carbocycles. The van der Waals surface area contributed by atoms with Crippen molar-refractivity contribution >= 4 is 11.7 Å². The largest absolute Gasteiger partial charge is 0.459 e. The van der Waals surface area contributed by atoms with Gasteiger partial charge in [0.1, 0.15) is 6.10 Å². The van der Waals surface area contributed by atoms with Crippen molar-refractivity contribution in [2.75, 3.05) is 19.0 Å². The molecule has 1 N–H and O–H groups in total. The van der Waals surface area contributed by atoms with E-state index in [-0.39, 0.29) is 18.2 Å². The first-order chi connectivity index (χ1) is 10.3. The van der Waals surface area contributed by atoms with Crippen molar-refractivity contribution in [3.63, 3.8) is 0 Å². The van der Waals surface area contributed by atoms with Crippen LogP contribution in [0, 0.1) is 0 Å². The summed E-state index contributed by atoms with van der Waals surface area (Å²) in [6, 6.07) is 5.84. The molecule has 0 aromatic heterocycles. The minimum Gasteiger partial charge on any atom is -0.459 e. The number of hydrogen-bond acceptors (Lipinski definition) is 4. The first-order valence-corrected chi connectivity index (χ1v) is 7.87. The third-order valence-electron chi connectivity index (χ3n) is 4.50. The Morgan fingerprint density at radius 1 is 1.24 bits per heavy atom. The highest BCUT2D eigenvalue weighted by Crippen LogP contribution is 2.28. The summed E-state index contributed by atoms with van der Waals surface area (Å²) in [5.74, 6) is -0.183. The van der Waals surface area contributed by atoms with Crippen LogP contribution in [0.2, 0.25) is 0 Å². The van der Waals surface area contributed by atoms with Crippen molar-refractivity contribution in [3.8, 4) is 0 Å². The van der Waals surface area contributed by atoms with Crippen molar-refractivity contribution in [1.82, 2.24) is 0 Å². The Morgan fingerprint density at radius 2 is 2.10 bits per heavy atom. The molecule has 0 bridgehead atoms. The minimum absolute atomic E-state index is 0.0106. The number of rotatable bonds is 3. The summed E-state index contributed by atoms with van der Waals surface area (Å²) in [6.07, 6.45) is 6.10. The number of carbonyl (C=O) groups is 1. The van der Waals surface area contributed by atoms with Gasteiger partial charge in [0.05, 0.1) is 11.7 Å². The van der Waals surface area contributed by atoms with Crippen LogP contribution in [0.1, 0.15) is 48.0 Å². The number of ether oxygens (including phenoxy) is 2. The number of anilines is 1. The zero-order valence-corrected chi connectivity index (χ0v) is 12.6. The zero-order valence-electron chi connectivity index (χ0n) is 12.6. The van der Waals surface area contributed by atoms with E-state index in [1.54, 1.807) is 7.11 Å². The molecule has 1 aliphatic heterocycles. The van der Waals surface area contributed by atoms with Crippen molar-refractivity contribution in [2.24, 2.45) is 0 Å². The topological polar surface area (TPSA) is 47.6 Å². The van der Waals surface area contributed by atoms with Crippen LogP contribution >= 0.6 is 0 Å². The Hall–Kier alpha value is -1.55. The van der Waals surface area contributed by atoms with E-state index < -0.39 is 0 Å². The lowest BCUT2D eigenvalue weighted by Crippen LogP contribution is -2.30. The summed E-state index contributed by atoms with van der Waals surface area (Å²) < 4.78 is 11.1. The van der Waals surface area contributed by atoms with Crippen LogP contribution in [-0.4, -0.2) is 31.8 Å². The van der Waals surface area contributed by atoms with E-state index in [1.807, 2.05) is 18.2 Å². The van der Waals surface area contributed by atoms with Crippen LogP contribution in [0.5, 0.6) is 0 Å². The smallest absolute Gasteiger partial charge is 0.338 e. The Morgan fingerprint density at radius 3 is 2.95 bits per heavy atom. The van der Waals surface area contributed by atoms with Gasteiger partial charge < -0.3 is 14.8 Å². The maximum Gasteiger partial charge on any atom is 0.338 e. The molecule has 0 saturated heterocycles. The summed E-state index contributed by atoms with van der Waals surface area (Å²) >= 11 is 0. The predicted molar refractivity (Wildman–Crippen MR) is 81.7 cm³/mol. The summed E-state index contributed by atoms with van der Waals surface area (Å²) in [4.78, 5) is 12.5. The van der Waals surface area contributed by atoms with E-state index in [1.165, 1.54) is 0 Å². The van der Waals surface area contributed by atoms with E-state index in [0.29, 0.717) is 0 Å². The first-order valence-electron chi connectivity index (χ1n) is 7.87. The van der Waals surface area contributed by atoms with Crippen LogP contribution in [0.15, 0.2) is 18.2 Å². The van der Waals surface area contributed by atoms with Gasteiger partial charge in [0.25, 0.3) is 0 Å². The molecule has 2 atom stereocenters. The quantitative estimate of drug-likeness (QED) is 0.868. The second kappa shape index (κ2) is 6.48. The monoisotopic (exact) mass is 289 g/mol. The summed E-state index contributed by atoms with van der Waals surface area (Å²) in [6.45, 7) is 0.976. The Labute approximate surface area is 125 Å². The Balaban J connectivity index is 1.71. The number of hydrogen-bond donors (Lipinski definition) is 1. The van der Waals surface area contributed by atoms with Crippen LogP contribution in [0.3, 0.4) is 0 Å². The number of benzene rings is 1. The number of methoxy groups -OCH3 is 1. The first kappa shape index (κ1) is 14.4. The molecular formula is C17H23NO3. The van der Waals surface area contributed by atoms with Gasteiger partial charge >= 0.3 is 5.97 Å². The van der Waals surface area contributed by atoms with E-state index in [2.05, 4.69) is 5.32 Å². The molecule has 21 heavy (non-hydrogen) atoms. The SMILES string of the molecule is COC1CCCC(OC(=O)c2cccc3c2CCCN3)C1. The number of carbonyl (C=O) groups excluding carboxylic acids is 1. The Bertz CT molecular complexity index is 515. The van der Waals surface area contributed by atoms with Crippen LogP contribution in [-0.2, 0) is 15.9 Å². The second-order valence-electron chi connectivity index (χ2n) is 5.91. The normalized spacial score (nSPS) is 24.8. The maximum absolute atomic E-state index is 12.5. The average Bonchev–Trinajstić information content (AvgIpc) is 2.54. The van der Waals surface area contributed by atoms with E-state index >= 15 is 0 Å². The molecule has 2 unspecified atom stereocenters. The van der Waals surface area contributed by atoms with Crippen molar-refractivity contribution in [1.29, 1.82) is 0 Å². The van der Waals surface area contributed by atoms with Gasteiger partial charge in [0, 0.05) is 25.8 Å². The minimum atomic E-state index is -0.183. The highest BCUT2D eigenvalue weighted by Gasteiger charge is 2.26. The molecule has 1 heterocycles. The second-order valence-corrected chi connectivity index (χ2v) is 5.91. The van der Waals surface area contributed by atoms with Crippen LogP contribution < -0.4 is 5.32 Å². The van der Waals surface area contributed by atoms with Crippen LogP contribution in [0.25, 0.3) is 0 Å². The van der Waals surface area contributed by atoms with Crippen LogP contribution in [0.4, 0.5) is 5.69 Å². The molecule has 0 radical (unpaired) electrons. The summed E-state index contributed by atoms with van der Waals surface area (Å²) in [7, 11) is 1.73. The molecule has 1 aromatic rings. The highest BCUT2D eigenvalue weighted by atomic mass is 16.5. The fourth-order valence-electron chi connectivity index (χ4n) is 3.34. The van der Waals surface area contributed by atoms with E-state index in [0.717, 1.165) is 61.9 Å². The van der Waals surface area contributed by atoms with Gasteiger partial charge in [-0.15, -0.1) is 0 Å². The van der Waals surface area contributed by atoms with Crippen molar-refractivity contribution < 1.29 is 14.3 Å². The lowest BCUT2D eigenvalue weighted by Gasteiger charge is -2.28. The number of nitrogens with one attached hydrogen (secondary N) is 1. The van der Waals surface area contributed by atoms with Gasteiger partial charge in [-0.05, 0) is 49.8 Å². The molecule has 0 spiro atoms. The molecule has 4 heteroatoms. The van der Waals surface area contributed by atoms with Gasteiger partial charge in [0.15, 0.2) is 0 Å². The van der Waals surface area contributed by atoms with Gasteiger partial charge in [0.2, 0.25) is 0 Å². The van der Waals surface area contributed by atoms with Gasteiger partial charge in [-0.25, -0.2) is 4.79 Å². The molecule has 0 amide bonds. The van der Waals surface area contributed by atoms with E-state index in [9.17, 15) is 4.79 Å². The standard InChI is InChI=1S/C17H23NO3/c1-20-12-5-2-6-13(11-12)21-17(19)15-7-3-9-16-14(15)8-4-10-18-16/h3,7,9,12-13,18H,2,4-6,8,10-11H2,1H3. The van der Waals surface area contributed by atoms with Gasteiger partial charge in [-0.2, -0.15) is 0 Å². The lowest BCUT2D eigenvalue weighted by atomic mass is 9.94. The predicted octanol–water partition coefficient (Wildman–Crippen LogP) is 3.16. The molecule has 1 fully saturated rings.